The predicted octanol–water partition coefficient (Wildman–Crippen LogP) is 2.93. The van der Waals surface area contributed by atoms with Gasteiger partial charge in [-0.3, -0.25) is 14.9 Å². The number of rotatable bonds is 11. The fraction of sp³-hybridized carbons (Fsp3) is 0.259. The fourth-order valence-electron chi connectivity index (χ4n) is 4.07. The molecule has 3 aromatic carbocycles. The number of anilines is 1. The summed E-state index contributed by atoms with van der Waals surface area (Å²) in [5.74, 6) is 4.84. The van der Waals surface area contributed by atoms with E-state index in [9.17, 15) is 18.3 Å². The molecule has 0 spiro atoms. The van der Waals surface area contributed by atoms with E-state index in [1.807, 2.05) is 24.5 Å². The molecule has 0 saturated heterocycles. The van der Waals surface area contributed by atoms with Gasteiger partial charge in [0.05, 0.1) is 28.4 Å². The third-order valence-corrected chi connectivity index (χ3v) is 7.74. The number of hydrogen-bond donors (Lipinski definition) is 5. The van der Waals surface area contributed by atoms with Crippen LogP contribution in [0.2, 0.25) is 0 Å². The second kappa shape index (κ2) is 11.3. The molecule has 1 amide bonds. The summed E-state index contributed by atoms with van der Waals surface area (Å²) >= 11 is 0. The Morgan fingerprint density at radius 2 is 1.84 bits per heavy atom. The number of benzene rings is 3. The van der Waals surface area contributed by atoms with Gasteiger partial charge in [0.25, 0.3) is 15.9 Å². The van der Waals surface area contributed by atoms with Crippen LogP contribution in [-0.4, -0.2) is 41.1 Å². The molecule has 200 valence electrons. The molecule has 0 aliphatic heterocycles. The van der Waals surface area contributed by atoms with Crippen LogP contribution in [-0.2, 0) is 16.6 Å². The molecule has 4 rings (SSSR count). The smallest absolute Gasteiger partial charge is 0.265 e. The predicted molar refractivity (Wildman–Crippen MR) is 147 cm³/mol. The molecule has 1 heterocycles. The summed E-state index contributed by atoms with van der Waals surface area (Å²) in [6.45, 7) is 5.05. The highest BCUT2D eigenvalue weighted by Crippen LogP contribution is 2.22. The summed E-state index contributed by atoms with van der Waals surface area (Å²) in [5, 5.41) is 14.2. The second-order valence-electron chi connectivity index (χ2n) is 9.69. The van der Waals surface area contributed by atoms with Gasteiger partial charge in [0.2, 0.25) is 0 Å². The summed E-state index contributed by atoms with van der Waals surface area (Å²) in [7, 11) is -3.72. The number of nitrogens with two attached hydrogens (primary N) is 1. The van der Waals surface area contributed by atoms with Crippen molar-refractivity contribution in [3.8, 4) is 0 Å². The van der Waals surface area contributed by atoms with Crippen molar-refractivity contribution in [1.82, 2.24) is 20.3 Å². The van der Waals surface area contributed by atoms with Gasteiger partial charge in [0, 0.05) is 29.9 Å². The van der Waals surface area contributed by atoms with Crippen LogP contribution < -0.4 is 21.3 Å². The van der Waals surface area contributed by atoms with E-state index in [1.54, 1.807) is 60.9 Å². The van der Waals surface area contributed by atoms with Crippen LogP contribution in [0, 0.1) is 0 Å². The number of sulfonamides is 1. The Kier molecular flexibility index (Phi) is 8.12. The fourth-order valence-corrected chi connectivity index (χ4v) is 5.14. The second-order valence-corrected chi connectivity index (χ2v) is 11.4. The van der Waals surface area contributed by atoms with E-state index >= 15 is 0 Å². The van der Waals surface area contributed by atoms with Crippen molar-refractivity contribution in [3.63, 3.8) is 0 Å². The Labute approximate surface area is 221 Å². The van der Waals surface area contributed by atoms with Gasteiger partial charge in [-0.15, -0.1) is 0 Å². The minimum atomic E-state index is -3.72. The number of imidazole rings is 1. The molecule has 11 heteroatoms. The number of carbonyl (C=O) groups is 1. The average molecular weight is 537 g/mol. The Morgan fingerprint density at radius 1 is 1.08 bits per heavy atom. The first-order valence-corrected chi connectivity index (χ1v) is 13.6. The van der Waals surface area contributed by atoms with E-state index < -0.39 is 16.1 Å². The number of amides is 1. The van der Waals surface area contributed by atoms with Crippen LogP contribution in [0.25, 0.3) is 11.0 Å². The quantitative estimate of drug-likeness (QED) is 0.112. The van der Waals surface area contributed by atoms with E-state index in [0.717, 1.165) is 11.9 Å². The van der Waals surface area contributed by atoms with Gasteiger partial charge in [-0.1, -0.05) is 30.3 Å². The Balaban J connectivity index is 1.35. The summed E-state index contributed by atoms with van der Waals surface area (Å²) in [6, 6.07) is 20.1. The number of hydrogen-bond acceptors (Lipinski definition) is 7. The van der Waals surface area contributed by atoms with Crippen LogP contribution in [0.5, 0.6) is 0 Å². The van der Waals surface area contributed by atoms with Gasteiger partial charge in [0.1, 0.15) is 0 Å². The Morgan fingerprint density at radius 3 is 2.58 bits per heavy atom. The first-order valence-electron chi connectivity index (χ1n) is 12.1. The molecule has 1 aromatic heterocycles. The number of aliphatic hydroxyl groups excluding tert-OH is 1. The molecule has 38 heavy (non-hydrogen) atoms. The zero-order valence-corrected chi connectivity index (χ0v) is 22.1. The molecule has 6 N–H and O–H groups in total. The number of nitrogen functional groups attached to an aromatic ring is 1. The Bertz CT molecular complexity index is 1520. The molecule has 0 saturated carbocycles. The molecule has 0 aliphatic carbocycles. The highest BCUT2D eigenvalue weighted by molar-refractivity contribution is 7.92. The Hall–Kier alpha value is -3.77. The van der Waals surface area contributed by atoms with Gasteiger partial charge >= 0.3 is 0 Å². The minimum absolute atomic E-state index is 0.168. The standard InChI is InChI=1S/C27H32N6O4S/c1-27(2,13-14-33-18-29-23-16-20(26(35)31-28)11-12-24(23)33)30-17-25(34)19-7-6-8-21(15-19)32-38(36,37)22-9-4-3-5-10-22/h3-12,15-16,18,25,30,32,34H,13-14,17,28H2,1-2H3,(H,31,35)/t25-/m0/s1. The van der Waals surface area contributed by atoms with Crippen molar-refractivity contribution in [3.05, 3.63) is 90.3 Å². The van der Waals surface area contributed by atoms with Crippen molar-refractivity contribution < 1.29 is 18.3 Å². The summed E-state index contributed by atoms with van der Waals surface area (Å²) in [4.78, 5) is 16.3. The summed E-state index contributed by atoms with van der Waals surface area (Å²) in [6.07, 6.45) is 1.64. The van der Waals surface area contributed by atoms with Crippen molar-refractivity contribution in [2.45, 2.75) is 43.4 Å². The summed E-state index contributed by atoms with van der Waals surface area (Å²) in [5.41, 5.74) is 4.83. The van der Waals surface area contributed by atoms with E-state index in [2.05, 4.69) is 20.4 Å². The van der Waals surface area contributed by atoms with Gasteiger partial charge in [0.15, 0.2) is 0 Å². The maximum absolute atomic E-state index is 12.6. The maximum atomic E-state index is 12.6. The highest BCUT2D eigenvalue weighted by atomic mass is 32.2. The SMILES string of the molecule is CC(C)(CCn1cnc2cc(C(=O)NN)ccc21)NC[C@H](O)c1cccc(NS(=O)(=O)c2ccccc2)c1. The van der Waals surface area contributed by atoms with Crippen molar-refractivity contribution in [1.29, 1.82) is 0 Å². The topological polar surface area (TPSA) is 151 Å². The average Bonchev–Trinajstić information content (AvgIpc) is 3.33. The number of nitrogens with one attached hydrogen (secondary N) is 3. The zero-order chi connectivity index (χ0) is 27.3. The first-order chi connectivity index (χ1) is 18.1. The van der Waals surface area contributed by atoms with Crippen LogP contribution >= 0.6 is 0 Å². The number of fused-ring (bicyclic) bond motifs is 1. The third kappa shape index (κ3) is 6.56. The molecule has 4 aromatic rings. The first kappa shape index (κ1) is 27.3. The lowest BCUT2D eigenvalue weighted by Crippen LogP contribution is -2.42. The monoisotopic (exact) mass is 536 g/mol. The van der Waals surface area contributed by atoms with Gasteiger partial charge in [-0.2, -0.15) is 0 Å². The zero-order valence-electron chi connectivity index (χ0n) is 21.3. The van der Waals surface area contributed by atoms with E-state index in [0.29, 0.717) is 28.9 Å². The van der Waals surface area contributed by atoms with E-state index in [-0.39, 0.29) is 22.9 Å². The lowest BCUT2D eigenvalue weighted by atomic mass is 9.99. The number of aliphatic hydroxyl groups is 1. The third-order valence-electron chi connectivity index (χ3n) is 6.34. The number of nitrogens with zero attached hydrogens (tertiary/aromatic N) is 2. The minimum Gasteiger partial charge on any atom is -0.387 e. The number of β-amino-alcohol motifs (C(OH)–C–C–N with tert-alkyl or cyclic N) is 1. The molecular weight excluding hydrogens is 504 g/mol. The van der Waals surface area contributed by atoms with Crippen LogP contribution in [0.4, 0.5) is 5.69 Å². The molecule has 0 radical (unpaired) electrons. The highest BCUT2D eigenvalue weighted by Gasteiger charge is 2.21. The molecule has 10 nitrogen and oxygen atoms in total. The number of aromatic nitrogens is 2. The molecule has 1 atom stereocenters. The van der Waals surface area contributed by atoms with Crippen LogP contribution in [0.15, 0.2) is 84.0 Å². The normalized spacial score (nSPS) is 12.8. The molecule has 0 aliphatic rings. The number of hydrazine groups is 1. The lowest BCUT2D eigenvalue weighted by Gasteiger charge is -2.28. The summed E-state index contributed by atoms with van der Waals surface area (Å²) < 4.78 is 29.9. The van der Waals surface area contributed by atoms with Gasteiger partial charge in [-0.25, -0.2) is 19.2 Å². The number of aryl methyl sites for hydroxylation is 1. The largest absolute Gasteiger partial charge is 0.387 e. The molecular formula is C27H32N6O4S. The molecule has 0 fully saturated rings. The van der Waals surface area contributed by atoms with Crippen molar-refractivity contribution in [2.75, 3.05) is 11.3 Å². The van der Waals surface area contributed by atoms with Crippen LogP contribution in [0.3, 0.4) is 0 Å². The maximum Gasteiger partial charge on any atom is 0.265 e. The van der Waals surface area contributed by atoms with E-state index in [1.165, 1.54) is 12.1 Å². The van der Waals surface area contributed by atoms with Gasteiger partial charge in [-0.05, 0) is 68.3 Å². The van der Waals surface area contributed by atoms with Crippen molar-refractivity contribution >= 4 is 32.7 Å². The van der Waals surface area contributed by atoms with E-state index in [4.69, 9.17) is 5.84 Å². The van der Waals surface area contributed by atoms with Crippen molar-refractivity contribution in [2.24, 2.45) is 5.84 Å². The number of carbonyl (C=O) groups excluding carboxylic acids is 1. The molecule has 0 unspecified atom stereocenters. The molecule has 0 bridgehead atoms. The lowest BCUT2D eigenvalue weighted by molar-refractivity contribution is 0.0953. The van der Waals surface area contributed by atoms with Crippen LogP contribution in [0.1, 0.15) is 42.3 Å². The van der Waals surface area contributed by atoms with Gasteiger partial charge < -0.3 is 15.0 Å².